The molecular formula is C12H15ClN2O3. The Morgan fingerprint density at radius 1 is 1.44 bits per heavy atom. The van der Waals surface area contributed by atoms with Gasteiger partial charge in [0.2, 0.25) is 0 Å². The summed E-state index contributed by atoms with van der Waals surface area (Å²) in [5, 5.41) is 8.89. The summed E-state index contributed by atoms with van der Waals surface area (Å²) < 4.78 is 0. The zero-order valence-corrected chi connectivity index (χ0v) is 11.1. The van der Waals surface area contributed by atoms with E-state index < -0.39 is 5.97 Å². The van der Waals surface area contributed by atoms with Gasteiger partial charge in [-0.3, -0.25) is 9.59 Å². The first-order valence-corrected chi connectivity index (χ1v) is 5.97. The van der Waals surface area contributed by atoms with Crippen LogP contribution in [-0.2, 0) is 4.79 Å². The van der Waals surface area contributed by atoms with Gasteiger partial charge >= 0.3 is 5.97 Å². The summed E-state index contributed by atoms with van der Waals surface area (Å²) in [6.07, 6.45) is -0.0720. The van der Waals surface area contributed by atoms with Gasteiger partial charge in [-0.1, -0.05) is 11.6 Å². The second kappa shape index (κ2) is 6.35. The number of rotatable bonds is 5. The van der Waals surface area contributed by atoms with Gasteiger partial charge in [0.25, 0.3) is 5.91 Å². The van der Waals surface area contributed by atoms with E-state index in [9.17, 15) is 9.59 Å². The predicted molar refractivity (Wildman–Crippen MR) is 67.8 cm³/mol. The Labute approximate surface area is 110 Å². The van der Waals surface area contributed by atoms with Crippen LogP contribution in [-0.4, -0.2) is 40.0 Å². The number of carboxylic acid groups (broad SMARTS) is 1. The summed E-state index contributed by atoms with van der Waals surface area (Å²) in [4.78, 5) is 28.1. The standard InChI is InChI=1S/C12H15ClN2O3/c1-3-15(5-4-11(16)17)12(18)9-6-8(2)14-10(13)7-9/h6-7H,3-5H2,1-2H3,(H,16,17). The van der Waals surface area contributed by atoms with Crippen LogP contribution in [0.3, 0.4) is 0 Å². The Morgan fingerprint density at radius 3 is 2.61 bits per heavy atom. The number of carbonyl (C=O) groups excluding carboxylic acids is 1. The summed E-state index contributed by atoms with van der Waals surface area (Å²) in [6.45, 7) is 4.18. The number of halogens is 1. The maximum atomic E-state index is 12.1. The van der Waals surface area contributed by atoms with Crippen molar-refractivity contribution in [2.24, 2.45) is 0 Å². The minimum absolute atomic E-state index is 0.0720. The molecule has 1 aromatic heterocycles. The number of hydrogen-bond acceptors (Lipinski definition) is 3. The van der Waals surface area contributed by atoms with Gasteiger partial charge in [-0.15, -0.1) is 0 Å². The van der Waals surface area contributed by atoms with Crippen LogP contribution >= 0.6 is 11.6 Å². The molecule has 0 atom stereocenters. The number of hydrogen-bond donors (Lipinski definition) is 1. The number of carboxylic acids is 1. The molecule has 98 valence electrons. The van der Waals surface area contributed by atoms with Crippen molar-refractivity contribution in [3.05, 3.63) is 28.5 Å². The summed E-state index contributed by atoms with van der Waals surface area (Å²) in [5.74, 6) is -1.16. The fourth-order valence-electron chi connectivity index (χ4n) is 1.57. The fourth-order valence-corrected chi connectivity index (χ4v) is 1.82. The SMILES string of the molecule is CCN(CCC(=O)O)C(=O)c1cc(C)nc(Cl)c1. The first-order valence-electron chi connectivity index (χ1n) is 5.59. The van der Waals surface area contributed by atoms with Gasteiger partial charge in [0.15, 0.2) is 0 Å². The largest absolute Gasteiger partial charge is 0.481 e. The van der Waals surface area contributed by atoms with E-state index in [2.05, 4.69) is 4.98 Å². The number of carbonyl (C=O) groups is 2. The van der Waals surface area contributed by atoms with Gasteiger partial charge in [-0.05, 0) is 26.0 Å². The molecule has 1 amide bonds. The lowest BCUT2D eigenvalue weighted by atomic mass is 10.2. The van der Waals surface area contributed by atoms with Gasteiger partial charge in [0, 0.05) is 24.3 Å². The summed E-state index contributed by atoms with van der Waals surface area (Å²) in [5.41, 5.74) is 1.08. The highest BCUT2D eigenvalue weighted by atomic mass is 35.5. The van der Waals surface area contributed by atoms with Crippen LogP contribution in [0.5, 0.6) is 0 Å². The molecule has 1 aromatic rings. The van der Waals surface area contributed by atoms with Crippen molar-refractivity contribution in [1.29, 1.82) is 0 Å². The van der Waals surface area contributed by atoms with Gasteiger partial charge in [0.05, 0.1) is 6.42 Å². The lowest BCUT2D eigenvalue weighted by Gasteiger charge is -2.20. The fraction of sp³-hybridized carbons (Fsp3) is 0.417. The summed E-state index contributed by atoms with van der Waals surface area (Å²) in [7, 11) is 0. The van der Waals surface area contributed by atoms with Crippen molar-refractivity contribution in [3.63, 3.8) is 0 Å². The number of aryl methyl sites for hydroxylation is 1. The molecule has 0 saturated carbocycles. The Balaban J connectivity index is 2.85. The van der Waals surface area contributed by atoms with Crippen LogP contribution in [0.15, 0.2) is 12.1 Å². The third kappa shape index (κ3) is 4.00. The highest BCUT2D eigenvalue weighted by molar-refractivity contribution is 6.29. The van der Waals surface area contributed by atoms with Gasteiger partial charge < -0.3 is 10.0 Å². The van der Waals surface area contributed by atoms with E-state index in [1.165, 1.54) is 11.0 Å². The van der Waals surface area contributed by atoms with Crippen molar-refractivity contribution in [2.75, 3.05) is 13.1 Å². The zero-order chi connectivity index (χ0) is 13.7. The molecular weight excluding hydrogens is 256 g/mol. The van der Waals surface area contributed by atoms with Crippen molar-refractivity contribution in [3.8, 4) is 0 Å². The van der Waals surface area contributed by atoms with Crippen LogP contribution in [0.2, 0.25) is 5.15 Å². The van der Waals surface area contributed by atoms with E-state index in [0.29, 0.717) is 17.8 Å². The lowest BCUT2D eigenvalue weighted by Crippen LogP contribution is -2.32. The number of pyridine rings is 1. The first-order chi connectivity index (χ1) is 8.43. The molecule has 1 N–H and O–H groups in total. The average molecular weight is 271 g/mol. The van der Waals surface area contributed by atoms with Crippen molar-refractivity contribution >= 4 is 23.5 Å². The normalized spacial score (nSPS) is 10.2. The number of aliphatic carboxylic acids is 1. The van der Waals surface area contributed by atoms with E-state index in [0.717, 1.165) is 0 Å². The third-order valence-electron chi connectivity index (χ3n) is 2.43. The maximum Gasteiger partial charge on any atom is 0.305 e. The minimum atomic E-state index is -0.926. The van der Waals surface area contributed by atoms with Crippen molar-refractivity contribution in [1.82, 2.24) is 9.88 Å². The molecule has 1 heterocycles. The van der Waals surface area contributed by atoms with Crippen LogP contribution < -0.4 is 0 Å². The molecule has 18 heavy (non-hydrogen) atoms. The van der Waals surface area contributed by atoms with Crippen molar-refractivity contribution < 1.29 is 14.7 Å². The van der Waals surface area contributed by atoms with Crippen molar-refractivity contribution in [2.45, 2.75) is 20.3 Å². The van der Waals surface area contributed by atoms with Crippen LogP contribution in [0.25, 0.3) is 0 Å². The zero-order valence-electron chi connectivity index (χ0n) is 10.3. The Morgan fingerprint density at radius 2 is 2.11 bits per heavy atom. The predicted octanol–water partition coefficient (Wildman–Crippen LogP) is 1.98. The monoisotopic (exact) mass is 270 g/mol. The molecule has 0 bridgehead atoms. The van der Waals surface area contributed by atoms with E-state index in [-0.39, 0.29) is 24.0 Å². The molecule has 0 saturated heterocycles. The van der Waals surface area contributed by atoms with E-state index in [1.54, 1.807) is 19.9 Å². The minimum Gasteiger partial charge on any atom is -0.481 e. The lowest BCUT2D eigenvalue weighted by molar-refractivity contribution is -0.137. The van der Waals surface area contributed by atoms with E-state index in [1.807, 2.05) is 0 Å². The Bertz CT molecular complexity index is 442. The maximum absolute atomic E-state index is 12.1. The number of aromatic nitrogens is 1. The molecule has 0 spiro atoms. The average Bonchev–Trinajstić information content (AvgIpc) is 2.27. The van der Waals surface area contributed by atoms with Gasteiger partial charge in [-0.25, -0.2) is 4.98 Å². The summed E-state index contributed by atoms with van der Waals surface area (Å²) in [6, 6.07) is 3.12. The van der Waals surface area contributed by atoms with E-state index >= 15 is 0 Å². The molecule has 0 aliphatic rings. The quantitative estimate of drug-likeness (QED) is 0.831. The molecule has 0 aliphatic carbocycles. The second-order valence-electron chi connectivity index (χ2n) is 3.85. The first kappa shape index (κ1) is 14.4. The second-order valence-corrected chi connectivity index (χ2v) is 4.24. The Kier molecular flexibility index (Phi) is 5.09. The smallest absolute Gasteiger partial charge is 0.305 e. The summed E-state index contributed by atoms with van der Waals surface area (Å²) >= 11 is 5.79. The van der Waals surface area contributed by atoms with Crippen LogP contribution in [0.1, 0.15) is 29.4 Å². The molecule has 1 rings (SSSR count). The van der Waals surface area contributed by atoms with Crippen LogP contribution in [0, 0.1) is 6.92 Å². The molecule has 0 aliphatic heterocycles. The molecule has 0 fully saturated rings. The molecule has 0 radical (unpaired) electrons. The molecule has 0 aromatic carbocycles. The van der Waals surface area contributed by atoms with Crippen LogP contribution in [0.4, 0.5) is 0 Å². The molecule has 5 nitrogen and oxygen atoms in total. The van der Waals surface area contributed by atoms with E-state index in [4.69, 9.17) is 16.7 Å². The van der Waals surface area contributed by atoms with Gasteiger partial charge in [0.1, 0.15) is 5.15 Å². The third-order valence-corrected chi connectivity index (χ3v) is 2.63. The van der Waals surface area contributed by atoms with Gasteiger partial charge in [-0.2, -0.15) is 0 Å². The number of nitrogens with zero attached hydrogens (tertiary/aromatic N) is 2. The number of amides is 1. The molecule has 0 unspecified atom stereocenters. The highest BCUT2D eigenvalue weighted by Crippen LogP contribution is 2.13. The topological polar surface area (TPSA) is 70.5 Å². The highest BCUT2D eigenvalue weighted by Gasteiger charge is 2.16. The molecule has 6 heteroatoms. The Hall–Kier alpha value is -1.62.